The molecule has 5 nitrogen and oxygen atoms in total. The standard InChI is InChI=1S/C19H38O2.C18H36O2.BrH.H3N/c1-3-5-6-7-8-9-10-11-12-13-14-15-16-17-19(20)21-18-4-2;1-3-5-6-7-8-9-10-11-12-13-14-15-16-17-18(19)20-4-2;;/h3-18H2,1-2H3;3-17H2,1-2H3;1H;1H3. The van der Waals surface area contributed by atoms with E-state index in [1.54, 1.807) is 0 Å². The first-order valence-corrected chi connectivity index (χ1v) is 18.4. The maximum atomic E-state index is 11.3. The Hall–Kier alpha value is -0.620. The molecule has 0 aliphatic carbocycles. The van der Waals surface area contributed by atoms with E-state index in [0.717, 1.165) is 19.3 Å². The summed E-state index contributed by atoms with van der Waals surface area (Å²) in [5.41, 5.74) is 0. The van der Waals surface area contributed by atoms with Crippen molar-refractivity contribution in [2.75, 3.05) is 13.2 Å². The number of esters is 2. The number of hydrogen-bond acceptors (Lipinski definition) is 5. The molecule has 0 radical (unpaired) electrons. The van der Waals surface area contributed by atoms with Crippen molar-refractivity contribution in [2.24, 2.45) is 0 Å². The lowest BCUT2D eigenvalue weighted by Crippen LogP contribution is -2.04. The molecule has 0 aromatic heterocycles. The summed E-state index contributed by atoms with van der Waals surface area (Å²) in [4.78, 5) is 22.4. The zero-order valence-electron chi connectivity index (χ0n) is 29.7. The molecule has 6 heteroatoms. The summed E-state index contributed by atoms with van der Waals surface area (Å²) in [5, 5.41) is 0. The number of unbranched alkanes of at least 4 members (excludes halogenated alkanes) is 24. The Kier molecular flexibility index (Phi) is 52.5. The van der Waals surface area contributed by atoms with Crippen molar-refractivity contribution in [2.45, 2.75) is 214 Å². The van der Waals surface area contributed by atoms with Crippen molar-refractivity contribution >= 4 is 28.9 Å². The summed E-state index contributed by atoms with van der Waals surface area (Å²) < 4.78 is 9.97. The van der Waals surface area contributed by atoms with Crippen LogP contribution in [0.3, 0.4) is 0 Å². The summed E-state index contributed by atoms with van der Waals surface area (Å²) in [7, 11) is 0. The molecule has 0 bridgehead atoms. The second-order valence-electron chi connectivity index (χ2n) is 12.0. The van der Waals surface area contributed by atoms with Gasteiger partial charge in [-0.1, -0.05) is 175 Å². The highest BCUT2D eigenvalue weighted by Gasteiger charge is 2.02. The van der Waals surface area contributed by atoms with Crippen molar-refractivity contribution in [3.63, 3.8) is 0 Å². The van der Waals surface area contributed by atoms with Crippen LogP contribution in [0.15, 0.2) is 0 Å². The maximum absolute atomic E-state index is 11.3. The second-order valence-corrected chi connectivity index (χ2v) is 12.0. The van der Waals surface area contributed by atoms with E-state index < -0.39 is 0 Å². The summed E-state index contributed by atoms with van der Waals surface area (Å²) in [6, 6.07) is 0. The molecule has 0 saturated heterocycles. The number of ether oxygens (including phenoxy) is 2. The third-order valence-corrected chi connectivity index (χ3v) is 7.74. The van der Waals surface area contributed by atoms with Crippen LogP contribution in [0.1, 0.15) is 214 Å². The normalized spacial score (nSPS) is 10.2. The van der Waals surface area contributed by atoms with Crippen LogP contribution in [0.25, 0.3) is 0 Å². The highest BCUT2D eigenvalue weighted by atomic mass is 79.9. The molecule has 0 unspecified atom stereocenters. The van der Waals surface area contributed by atoms with E-state index in [1.165, 1.54) is 154 Å². The lowest BCUT2D eigenvalue weighted by molar-refractivity contribution is -0.144. The molecule has 0 rings (SSSR count). The summed E-state index contributed by atoms with van der Waals surface area (Å²) >= 11 is 0. The van der Waals surface area contributed by atoms with Crippen LogP contribution in [-0.2, 0) is 19.1 Å². The zero-order valence-corrected chi connectivity index (χ0v) is 31.4. The van der Waals surface area contributed by atoms with E-state index in [0.29, 0.717) is 26.1 Å². The van der Waals surface area contributed by atoms with Crippen molar-refractivity contribution in [3.05, 3.63) is 0 Å². The van der Waals surface area contributed by atoms with Gasteiger partial charge in [-0.15, -0.1) is 17.0 Å². The topological polar surface area (TPSA) is 87.6 Å². The van der Waals surface area contributed by atoms with Crippen molar-refractivity contribution in [1.82, 2.24) is 6.15 Å². The molecule has 43 heavy (non-hydrogen) atoms. The molecule has 0 aromatic carbocycles. The van der Waals surface area contributed by atoms with Gasteiger partial charge in [0.1, 0.15) is 0 Å². The van der Waals surface area contributed by atoms with Gasteiger partial charge in [0.05, 0.1) is 13.2 Å². The third-order valence-electron chi connectivity index (χ3n) is 7.74. The fraction of sp³-hybridized carbons (Fsp3) is 0.946. The molecule has 0 atom stereocenters. The van der Waals surface area contributed by atoms with Gasteiger partial charge in [-0.2, -0.15) is 0 Å². The second kappa shape index (κ2) is 45.8. The van der Waals surface area contributed by atoms with E-state index >= 15 is 0 Å². The smallest absolute Gasteiger partial charge is 0.305 e. The first kappa shape index (κ1) is 49.3. The Morgan fingerprint density at radius 2 is 0.628 bits per heavy atom. The van der Waals surface area contributed by atoms with Gasteiger partial charge in [0.15, 0.2) is 0 Å². The minimum atomic E-state index is -0.0319. The van der Waals surface area contributed by atoms with Crippen LogP contribution < -0.4 is 6.15 Å². The van der Waals surface area contributed by atoms with E-state index in [-0.39, 0.29) is 35.1 Å². The Labute approximate surface area is 280 Å². The SMILES string of the molecule is Br.CCCCCCCCCCCCCCCC(=O)OCC.CCCCCCCCCCCCCCCC(=O)OCCC.N. The predicted octanol–water partition coefficient (Wildman–Crippen LogP) is 13.2. The lowest BCUT2D eigenvalue weighted by Gasteiger charge is -2.04. The molecular formula is C37H78BrNO4. The van der Waals surface area contributed by atoms with Crippen LogP contribution in [-0.4, -0.2) is 25.2 Å². The van der Waals surface area contributed by atoms with Crippen LogP contribution in [0, 0.1) is 0 Å². The van der Waals surface area contributed by atoms with Gasteiger partial charge < -0.3 is 15.6 Å². The zero-order chi connectivity index (χ0) is 30.5. The minimum absolute atomic E-state index is 0. The number of halogens is 1. The maximum Gasteiger partial charge on any atom is 0.305 e. The average molecular weight is 681 g/mol. The summed E-state index contributed by atoms with van der Waals surface area (Å²) in [6.45, 7) is 9.52. The minimum Gasteiger partial charge on any atom is -0.466 e. The summed E-state index contributed by atoms with van der Waals surface area (Å²) in [6.07, 6.45) is 37.0. The highest BCUT2D eigenvalue weighted by Crippen LogP contribution is 2.14. The number of hydrogen-bond donors (Lipinski definition) is 1. The fourth-order valence-corrected chi connectivity index (χ4v) is 5.10. The van der Waals surface area contributed by atoms with Crippen LogP contribution in [0.2, 0.25) is 0 Å². The largest absolute Gasteiger partial charge is 0.466 e. The molecule has 0 heterocycles. The lowest BCUT2D eigenvalue weighted by atomic mass is 10.0. The van der Waals surface area contributed by atoms with Crippen molar-refractivity contribution < 1.29 is 19.1 Å². The molecular weight excluding hydrogens is 602 g/mol. The van der Waals surface area contributed by atoms with Gasteiger partial charge >= 0.3 is 11.9 Å². The number of carbonyl (C=O) groups excluding carboxylic acids is 2. The van der Waals surface area contributed by atoms with Crippen LogP contribution in [0.5, 0.6) is 0 Å². The van der Waals surface area contributed by atoms with Crippen molar-refractivity contribution in [3.8, 4) is 0 Å². The quantitative estimate of drug-likeness (QED) is 0.0581. The monoisotopic (exact) mass is 680 g/mol. The van der Waals surface area contributed by atoms with E-state index in [4.69, 9.17) is 9.47 Å². The average Bonchev–Trinajstić information content (AvgIpc) is 2.97. The molecule has 262 valence electrons. The van der Waals surface area contributed by atoms with Crippen LogP contribution >= 0.6 is 17.0 Å². The molecule has 0 aliphatic heterocycles. The molecule has 0 fully saturated rings. The molecule has 3 N–H and O–H groups in total. The van der Waals surface area contributed by atoms with E-state index in [9.17, 15) is 9.59 Å². The molecule has 0 spiro atoms. The fourth-order valence-electron chi connectivity index (χ4n) is 5.10. The number of carbonyl (C=O) groups is 2. The first-order valence-electron chi connectivity index (χ1n) is 18.4. The number of rotatable bonds is 31. The van der Waals surface area contributed by atoms with Gasteiger partial charge in [-0.05, 0) is 26.2 Å². The van der Waals surface area contributed by atoms with Gasteiger partial charge in [0.2, 0.25) is 0 Å². The summed E-state index contributed by atoms with van der Waals surface area (Å²) in [5.74, 6) is -0.0458. The first-order chi connectivity index (χ1) is 20.1. The van der Waals surface area contributed by atoms with E-state index in [1.807, 2.05) is 13.8 Å². The molecule has 0 aliphatic rings. The van der Waals surface area contributed by atoms with Gasteiger partial charge in [-0.3, -0.25) is 9.59 Å². The Morgan fingerprint density at radius 3 is 0.884 bits per heavy atom. The van der Waals surface area contributed by atoms with Gasteiger partial charge in [0.25, 0.3) is 0 Å². The van der Waals surface area contributed by atoms with Gasteiger partial charge in [0, 0.05) is 12.8 Å². The Balaban J connectivity index is -0.000000338. The van der Waals surface area contributed by atoms with Crippen molar-refractivity contribution in [1.29, 1.82) is 0 Å². The Morgan fingerprint density at radius 1 is 0.372 bits per heavy atom. The molecule has 0 amide bonds. The van der Waals surface area contributed by atoms with E-state index in [2.05, 4.69) is 13.8 Å². The Bertz CT molecular complexity index is 519. The third kappa shape index (κ3) is 48.5. The molecule has 0 saturated carbocycles. The van der Waals surface area contributed by atoms with Gasteiger partial charge in [-0.25, -0.2) is 0 Å². The predicted molar refractivity (Wildman–Crippen MR) is 194 cm³/mol. The highest BCUT2D eigenvalue weighted by molar-refractivity contribution is 8.93. The van der Waals surface area contributed by atoms with Crippen LogP contribution in [0.4, 0.5) is 0 Å². The molecule has 0 aromatic rings.